The summed E-state index contributed by atoms with van der Waals surface area (Å²) in [5, 5.41) is 9.26. The third-order valence-electron chi connectivity index (χ3n) is 6.30. The lowest BCUT2D eigenvalue weighted by atomic mass is 9.88. The summed E-state index contributed by atoms with van der Waals surface area (Å²) in [6, 6.07) is 4.83. The largest absolute Gasteiger partial charge is 0.493 e. The predicted molar refractivity (Wildman–Crippen MR) is 112 cm³/mol. The van der Waals surface area contributed by atoms with Gasteiger partial charge in [0.25, 0.3) is 0 Å². The van der Waals surface area contributed by atoms with E-state index in [0.29, 0.717) is 10.7 Å². The number of fused-ring (bicyclic) bond motifs is 1. The first kappa shape index (κ1) is 19.5. The van der Waals surface area contributed by atoms with Crippen molar-refractivity contribution in [3.8, 4) is 5.75 Å². The molecule has 1 saturated heterocycles. The number of piperidine rings is 1. The average molecular weight is 432 g/mol. The molecule has 1 aliphatic carbocycles. The van der Waals surface area contributed by atoms with E-state index in [1.165, 1.54) is 26.0 Å². The van der Waals surface area contributed by atoms with Gasteiger partial charge in [0, 0.05) is 31.3 Å². The molecule has 3 aromatic rings. The number of halogens is 3. The quantitative estimate of drug-likeness (QED) is 0.569. The number of aromatic nitrogens is 3. The van der Waals surface area contributed by atoms with Crippen molar-refractivity contribution in [1.82, 2.24) is 14.6 Å². The van der Waals surface area contributed by atoms with Gasteiger partial charge in [0.2, 0.25) is 5.82 Å². The Morgan fingerprint density at radius 2 is 1.87 bits per heavy atom. The first-order valence-corrected chi connectivity index (χ1v) is 10.7. The standard InChI is InChI=1S/C22H23ClF2N4O/c1-30-21-15(4-5-16(24)20(21)25)14-6-9-28(10-7-14)17-8-11-29-18(12-13-2-3-13)26-27-22(29)19(17)23/h4-5,8,11,13-14H,2-3,6-7,9-10,12H2,1H3/i1-1. The van der Waals surface area contributed by atoms with E-state index in [9.17, 15) is 8.78 Å². The molecule has 2 fully saturated rings. The van der Waals surface area contributed by atoms with E-state index in [1.807, 2.05) is 16.7 Å². The van der Waals surface area contributed by atoms with Gasteiger partial charge in [0.1, 0.15) is 10.8 Å². The van der Waals surface area contributed by atoms with Crippen LogP contribution < -0.4 is 9.64 Å². The van der Waals surface area contributed by atoms with Crippen molar-refractivity contribution < 1.29 is 13.5 Å². The molecule has 0 spiro atoms. The fourth-order valence-electron chi connectivity index (χ4n) is 4.43. The maximum atomic E-state index is 14.1. The van der Waals surface area contributed by atoms with Gasteiger partial charge < -0.3 is 9.64 Å². The minimum Gasteiger partial charge on any atom is -0.493 e. The maximum absolute atomic E-state index is 14.1. The van der Waals surface area contributed by atoms with E-state index >= 15 is 0 Å². The normalized spacial score (nSPS) is 17.7. The molecule has 0 unspecified atom stereocenters. The third-order valence-corrected chi connectivity index (χ3v) is 6.66. The summed E-state index contributed by atoms with van der Waals surface area (Å²) < 4.78 is 34.8. The highest BCUT2D eigenvalue weighted by Gasteiger charge is 2.28. The van der Waals surface area contributed by atoms with Gasteiger partial charge in [-0.1, -0.05) is 17.7 Å². The van der Waals surface area contributed by atoms with E-state index in [4.69, 9.17) is 16.3 Å². The maximum Gasteiger partial charge on any atom is 0.200 e. The van der Waals surface area contributed by atoms with Gasteiger partial charge in [-0.05, 0) is 49.7 Å². The highest BCUT2D eigenvalue weighted by atomic mass is 35.5. The van der Waals surface area contributed by atoms with Gasteiger partial charge in [0.05, 0.1) is 12.8 Å². The fraction of sp³-hybridized carbons (Fsp3) is 0.455. The Morgan fingerprint density at radius 3 is 2.57 bits per heavy atom. The third kappa shape index (κ3) is 3.39. The molecule has 0 radical (unpaired) electrons. The van der Waals surface area contributed by atoms with Crippen LogP contribution in [0.5, 0.6) is 5.75 Å². The molecule has 1 aliphatic heterocycles. The van der Waals surface area contributed by atoms with Crippen LogP contribution in [0.1, 0.15) is 43.0 Å². The summed E-state index contributed by atoms with van der Waals surface area (Å²) in [6.07, 6.45) is 7.05. The molecule has 2 aliphatic rings. The predicted octanol–water partition coefficient (Wildman–Crippen LogP) is 5.01. The Kier molecular flexibility index (Phi) is 5.01. The van der Waals surface area contributed by atoms with Crippen LogP contribution in [0.4, 0.5) is 14.5 Å². The summed E-state index contributed by atoms with van der Waals surface area (Å²) in [4.78, 5) is 2.22. The summed E-state index contributed by atoms with van der Waals surface area (Å²) in [7, 11) is 1.38. The number of methoxy groups -OCH3 is 1. The lowest BCUT2D eigenvalue weighted by Crippen LogP contribution is -2.33. The Morgan fingerprint density at radius 1 is 1.10 bits per heavy atom. The Balaban J connectivity index is 1.35. The van der Waals surface area contributed by atoms with E-state index in [0.717, 1.165) is 55.3 Å². The second-order valence-corrected chi connectivity index (χ2v) is 8.60. The van der Waals surface area contributed by atoms with Gasteiger partial charge in [-0.3, -0.25) is 4.40 Å². The molecule has 0 bridgehead atoms. The number of nitrogens with zero attached hydrogens (tertiary/aromatic N) is 4. The zero-order valence-electron chi connectivity index (χ0n) is 16.7. The van der Waals surface area contributed by atoms with Crippen molar-refractivity contribution in [3.05, 3.63) is 52.4 Å². The number of hydrogen-bond acceptors (Lipinski definition) is 4. The minimum absolute atomic E-state index is 0.0135. The molecular formula is C22H23ClF2N4O. The van der Waals surface area contributed by atoms with Gasteiger partial charge in [-0.2, -0.15) is 4.39 Å². The molecule has 1 aromatic carbocycles. The van der Waals surface area contributed by atoms with E-state index in [2.05, 4.69) is 15.1 Å². The SMILES string of the molecule is [11CH3]Oc1c(C2CCN(c3ccn4c(CC5CC5)nnc4c3Cl)CC2)ccc(F)c1F. The Bertz CT molecular complexity index is 1090. The summed E-state index contributed by atoms with van der Waals surface area (Å²) in [6.45, 7) is 1.51. The summed E-state index contributed by atoms with van der Waals surface area (Å²) in [5.74, 6) is 0.00192. The topological polar surface area (TPSA) is 42.7 Å². The van der Waals surface area contributed by atoms with E-state index in [1.54, 1.807) is 6.07 Å². The fourth-order valence-corrected chi connectivity index (χ4v) is 4.75. The molecule has 1 saturated carbocycles. The number of ether oxygens (including phenoxy) is 1. The minimum atomic E-state index is -0.917. The lowest BCUT2D eigenvalue weighted by molar-refractivity contribution is 0.358. The molecule has 158 valence electrons. The van der Waals surface area contributed by atoms with Crippen LogP contribution in [0.15, 0.2) is 24.4 Å². The van der Waals surface area contributed by atoms with Crippen LogP contribution in [0, 0.1) is 17.6 Å². The molecule has 5 nitrogen and oxygen atoms in total. The number of rotatable bonds is 5. The van der Waals surface area contributed by atoms with Crippen molar-refractivity contribution in [2.24, 2.45) is 5.92 Å². The number of anilines is 1. The van der Waals surface area contributed by atoms with Gasteiger partial charge >= 0.3 is 0 Å². The Labute approximate surface area is 178 Å². The lowest BCUT2D eigenvalue weighted by Gasteiger charge is -2.34. The highest BCUT2D eigenvalue weighted by molar-refractivity contribution is 6.36. The molecule has 2 aromatic heterocycles. The molecule has 0 N–H and O–H groups in total. The zero-order valence-corrected chi connectivity index (χ0v) is 17.5. The van der Waals surface area contributed by atoms with Gasteiger partial charge in [-0.25, -0.2) is 4.39 Å². The van der Waals surface area contributed by atoms with Crippen LogP contribution in [0.25, 0.3) is 5.65 Å². The Hall–Kier alpha value is -2.41. The molecule has 0 amide bonds. The van der Waals surface area contributed by atoms with Crippen molar-refractivity contribution >= 4 is 22.9 Å². The van der Waals surface area contributed by atoms with Crippen molar-refractivity contribution in [1.29, 1.82) is 0 Å². The monoisotopic (exact) mass is 431 g/mol. The molecule has 8 heteroatoms. The second kappa shape index (κ2) is 7.69. The highest BCUT2D eigenvalue weighted by Crippen LogP contribution is 2.39. The van der Waals surface area contributed by atoms with Crippen LogP contribution in [-0.2, 0) is 6.42 Å². The van der Waals surface area contributed by atoms with Gasteiger partial charge in [-0.15, -0.1) is 10.2 Å². The van der Waals surface area contributed by atoms with E-state index < -0.39 is 11.6 Å². The summed E-state index contributed by atoms with van der Waals surface area (Å²) in [5.41, 5.74) is 2.35. The second-order valence-electron chi connectivity index (χ2n) is 8.22. The summed E-state index contributed by atoms with van der Waals surface area (Å²) >= 11 is 6.70. The van der Waals surface area contributed by atoms with Crippen LogP contribution >= 0.6 is 11.6 Å². The van der Waals surface area contributed by atoms with Crippen LogP contribution in [0.3, 0.4) is 0 Å². The van der Waals surface area contributed by atoms with Crippen molar-refractivity contribution in [3.63, 3.8) is 0 Å². The number of hydrogen-bond donors (Lipinski definition) is 0. The van der Waals surface area contributed by atoms with Crippen molar-refractivity contribution in [2.75, 3.05) is 25.1 Å². The van der Waals surface area contributed by atoms with Crippen LogP contribution in [-0.4, -0.2) is 34.8 Å². The smallest absolute Gasteiger partial charge is 0.200 e. The molecule has 30 heavy (non-hydrogen) atoms. The average Bonchev–Trinajstić information content (AvgIpc) is 3.48. The zero-order chi connectivity index (χ0) is 20.8. The van der Waals surface area contributed by atoms with Gasteiger partial charge in [0.15, 0.2) is 17.2 Å². The number of pyridine rings is 1. The molecular weight excluding hydrogens is 409 g/mol. The van der Waals surface area contributed by atoms with E-state index in [-0.39, 0.29) is 11.7 Å². The number of benzene rings is 1. The van der Waals surface area contributed by atoms with Crippen LogP contribution in [0.2, 0.25) is 5.02 Å². The molecule has 0 atom stereocenters. The first-order valence-electron chi connectivity index (χ1n) is 10.4. The molecule has 5 rings (SSSR count). The molecule has 3 heterocycles. The first-order chi connectivity index (χ1) is 14.6. The van der Waals surface area contributed by atoms with Crippen molar-refractivity contribution in [2.45, 2.75) is 38.0 Å².